The van der Waals surface area contributed by atoms with Crippen molar-refractivity contribution in [3.8, 4) is 11.5 Å². The standard InChI is InChI=1S/C23H28N2O6/c1-17(24-23(27)31-15-18-8-4-3-5-9-18)22(26)25-12-13-29-19(14-25)16-30-21-11-7-6-10-20(21)28-2/h3-11,17,19H,12-16H2,1-2H3,(H,24,27). The predicted molar refractivity (Wildman–Crippen MR) is 114 cm³/mol. The minimum Gasteiger partial charge on any atom is -0.493 e. The van der Waals surface area contributed by atoms with E-state index in [0.29, 0.717) is 31.2 Å². The Morgan fingerprint density at radius 3 is 2.58 bits per heavy atom. The summed E-state index contributed by atoms with van der Waals surface area (Å²) in [5.41, 5.74) is 0.877. The molecule has 2 unspecified atom stereocenters. The first-order valence-electron chi connectivity index (χ1n) is 10.2. The number of hydrogen-bond acceptors (Lipinski definition) is 6. The highest BCUT2D eigenvalue weighted by molar-refractivity contribution is 5.85. The van der Waals surface area contributed by atoms with Gasteiger partial charge in [-0.3, -0.25) is 4.79 Å². The molecule has 1 aliphatic rings. The molecule has 1 aliphatic heterocycles. The molecule has 1 heterocycles. The first-order valence-corrected chi connectivity index (χ1v) is 10.2. The SMILES string of the molecule is COc1ccccc1OCC1CN(C(=O)C(C)NC(=O)OCc2ccccc2)CCO1. The molecule has 0 aliphatic carbocycles. The molecule has 2 atom stereocenters. The van der Waals surface area contributed by atoms with E-state index in [9.17, 15) is 9.59 Å². The zero-order chi connectivity index (χ0) is 22.1. The van der Waals surface area contributed by atoms with Crippen LogP contribution in [0.5, 0.6) is 11.5 Å². The van der Waals surface area contributed by atoms with Crippen molar-refractivity contribution in [2.24, 2.45) is 0 Å². The van der Waals surface area contributed by atoms with E-state index >= 15 is 0 Å². The number of hydrogen-bond donors (Lipinski definition) is 1. The highest BCUT2D eigenvalue weighted by Crippen LogP contribution is 2.26. The van der Waals surface area contributed by atoms with Gasteiger partial charge in [0.2, 0.25) is 5.91 Å². The van der Waals surface area contributed by atoms with Gasteiger partial charge in [-0.05, 0) is 24.6 Å². The maximum Gasteiger partial charge on any atom is 0.408 e. The van der Waals surface area contributed by atoms with Crippen molar-refractivity contribution in [1.82, 2.24) is 10.2 Å². The van der Waals surface area contributed by atoms with Crippen LogP contribution in [-0.2, 0) is 20.9 Å². The molecular weight excluding hydrogens is 400 g/mol. The summed E-state index contributed by atoms with van der Waals surface area (Å²) in [6, 6.07) is 16.0. The van der Waals surface area contributed by atoms with Crippen molar-refractivity contribution >= 4 is 12.0 Å². The highest BCUT2D eigenvalue weighted by atomic mass is 16.6. The number of alkyl carbamates (subject to hydrolysis) is 1. The molecule has 0 bridgehead atoms. The second-order valence-electron chi connectivity index (χ2n) is 7.17. The summed E-state index contributed by atoms with van der Waals surface area (Å²) in [7, 11) is 1.58. The number of methoxy groups -OCH3 is 1. The number of carbonyl (C=O) groups is 2. The second kappa shape index (κ2) is 11.2. The fourth-order valence-corrected chi connectivity index (χ4v) is 3.22. The van der Waals surface area contributed by atoms with Gasteiger partial charge in [-0.15, -0.1) is 0 Å². The summed E-state index contributed by atoms with van der Waals surface area (Å²) in [5.74, 6) is 1.06. The van der Waals surface area contributed by atoms with Gasteiger partial charge in [-0.2, -0.15) is 0 Å². The van der Waals surface area contributed by atoms with Crippen molar-refractivity contribution in [2.75, 3.05) is 33.4 Å². The van der Waals surface area contributed by atoms with Gasteiger partial charge in [0, 0.05) is 6.54 Å². The average molecular weight is 428 g/mol. The lowest BCUT2D eigenvalue weighted by atomic mass is 10.2. The lowest BCUT2D eigenvalue weighted by Crippen LogP contribution is -2.53. The minimum absolute atomic E-state index is 0.146. The summed E-state index contributed by atoms with van der Waals surface area (Å²) in [6.45, 7) is 3.30. The Bertz CT molecular complexity index is 860. The van der Waals surface area contributed by atoms with Crippen LogP contribution in [0.2, 0.25) is 0 Å². The lowest BCUT2D eigenvalue weighted by Gasteiger charge is -2.34. The number of benzene rings is 2. The highest BCUT2D eigenvalue weighted by Gasteiger charge is 2.29. The first-order chi connectivity index (χ1) is 15.1. The van der Waals surface area contributed by atoms with Crippen LogP contribution in [0.15, 0.2) is 54.6 Å². The summed E-state index contributed by atoms with van der Waals surface area (Å²) in [4.78, 5) is 26.5. The summed E-state index contributed by atoms with van der Waals surface area (Å²) < 4.78 is 22.0. The zero-order valence-electron chi connectivity index (χ0n) is 17.8. The number of ether oxygens (including phenoxy) is 4. The summed E-state index contributed by atoms with van der Waals surface area (Å²) in [6.07, 6.45) is -0.908. The second-order valence-corrected chi connectivity index (χ2v) is 7.17. The first kappa shape index (κ1) is 22.4. The molecule has 166 valence electrons. The lowest BCUT2D eigenvalue weighted by molar-refractivity contribution is -0.141. The van der Waals surface area contributed by atoms with Gasteiger partial charge < -0.3 is 29.2 Å². The van der Waals surface area contributed by atoms with Crippen molar-refractivity contribution in [3.63, 3.8) is 0 Å². The Morgan fingerprint density at radius 2 is 1.84 bits per heavy atom. The van der Waals surface area contributed by atoms with Gasteiger partial charge >= 0.3 is 6.09 Å². The van der Waals surface area contributed by atoms with Gasteiger partial charge in [-0.25, -0.2) is 4.79 Å². The van der Waals surface area contributed by atoms with Crippen LogP contribution in [-0.4, -0.2) is 62.5 Å². The van der Waals surface area contributed by atoms with E-state index in [2.05, 4.69) is 5.32 Å². The van der Waals surface area contributed by atoms with E-state index in [0.717, 1.165) is 5.56 Å². The topological polar surface area (TPSA) is 86.3 Å². The predicted octanol–water partition coefficient (Wildman–Crippen LogP) is 2.62. The van der Waals surface area contributed by atoms with Crippen LogP contribution in [0.25, 0.3) is 0 Å². The molecule has 8 nitrogen and oxygen atoms in total. The number of amides is 2. The van der Waals surface area contributed by atoms with Crippen LogP contribution in [0.4, 0.5) is 4.79 Å². The molecule has 0 aromatic heterocycles. The molecule has 0 spiro atoms. The van der Waals surface area contributed by atoms with Crippen LogP contribution >= 0.6 is 0 Å². The van der Waals surface area contributed by atoms with E-state index in [1.165, 1.54) is 0 Å². The van der Waals surface area contributed by atoms with E-state index in [1.54, 1.807) is 18.9 Å². The Hall–Kier alpha value is -3.26. The Balaban J connectivity index is 1.45. The molecule has 2 amide bonds. The average Bonchev–Trinajstić information content (AvgIpc) is 2.82. The smallest absolute Gasteiger partial charge is 0.408 e. The van der Waals surface area contributed by atoms with Crippen LogP contribution in [0.1, 0.15) is 12.5 Å². The Morgan fingerprint density at radius 1 is 1.13 bits per heavy atom. The van der Waals surface area contributed by atoms with Crippen LogP contribution in [0, 0.1) is 0 Å². The molecule has 8 heteroatoms. The zero-order valence-corrected chi connectivity index (χ0v) is 17.8. The monoisotopic (exact) mass is 428 g/mol. The number of morpholine rings is 1. The number of para-hydroxylation sites is 2. The third-order valence-electron chi connectivity index (χ3n) is 4.86. The molecule has 2 aromatic rings. The van der Waals surface area contributed by atoms with Crippen molar-refractivity contribution in [2.45, 2.75) is 25.7 Å². The molecular formula is C23H28N2O6. The van der Waals surface area contributed by atoms with Gasteiger partial charge in [0.05, 0.1) is 20.3 Å². The molecule has 1 N–H and O–H groups in total. The molecule has 1 saturated heterocycles. The van der Waals surface area contributed by atoms with Gasteiger partial charge in [-0.1, -0.05) is 42.5 Å². The van der Waals surface area contributed by atoms with Crippen molar-refractivity contribution in [1.29, 1.82) is 0 Å². The van der Waals surface area contributed by atoms with Crippen molar-refractivity contribution < 1.29 is 28.5 Å². The van der Waals surface area contributed by atoms with Gasteiger partial charge in [0.25, 0.3) is 0 Å². The Kier molecular flexibility index (Phi) is 8.12. The van der Waals surface area contributed by atoms with Crippen LogP contribution in [0.3, 0.4) is 0 Å². The maximum absolute atomic E-state index is 12.8. The third-order valence-corrected chi connectivity index (χ3v) is 4.86. The molecule has 2 aromatic carbocycles. The molecule has 0 radical (unpaired) electrons. The fourth-order valence-electron chi connectivity index (χ4n) is 3.22. The maximum atomic E-state index is 12.8. The molecule has 1 fully saturated rings. The van der Waals surface area contributed by atoms with E-state index in [-0.39, 0.29) is 25.2 Å². The largest absolute Gasteiger partial charge is 0.493 e. The minimum atomic E-state index is -0.711. The van der Waals surface area contributed by atoms with Crippen LogP contribution < -0.4 is 14.8 Å². The molecule has 0 saturated carbocycles. The normalized spacial score (nSPS) is 16.8. The summed E-state index contributed by atoms with van der Waals surface area (Å²) in [5, 5.41) is 2.59. The molecule has 31 heavy (non-hydrogen) atoms. The van der Waals surface area contributed by atoms with Gasteiger partial charge in [0.15, 0.2) is 11.5 Å². The third kappa shape index (κ3) is 6.62. The molecule has 3 rings (SSSR count). The fraction of sp³-hybridized carbons (Fsp3) is 0.391. The van der Waals surface area contributed by atoms with E-state index < -0.39 is 12.1 Å². The summed E-state index contributed by atoms with van der Waals surface area (Å²) >= 11 is 0. The number of rotatable bonds is 8. The Labute approximate surface area is 182 Å². The van der Waals surface area contributed by atoms with E-state index in [4.69, 9.17) is 18.9 Å². The van der Waals surface area contributed by atoms with Gasteiger partial charge in [0.1, 0.15) is 25.4 Å². The number of carbonyl (C=O) groups excluding carboxylic acids is 2. The number of nitrogens with zero attached hydrogens (tertiary/aromatic N) is 1. The number of nitrogens with one attached hydrogen (secondary N) is 1. The van der Waals surface area contributed by atoms with E-state index in [1.807, 2.05) is 54.6 Å². The quantitative estimate of drug-likeness (QED) is 0.696. The van der Waals surface area contributed by atoms with Crippen molar-refractivity contribution in [3.05, 3.63) is 60.2 Å².